The van der Waals surface area contributed by atoms with Crippen molar-refractivity contribution in [2.24, 2.45) is 11.3 Å². The third-order valence-electron chi connectivity index (χ3n) is 4.10. The predicted octanol–water partition coefficient (Wildman–Crippen LogP) is 2.12. The Kier molecular flexibility index (Phi) is 3.87. The SMILES string of the molecule is CC(C)C1(CNS(=O)(=O)Cc2ccc(N)cc2)CC1. The van der Waals surface area contributed by atoms with Crippen LogP contribution in [0, 0.1) is 11.3 Å². The Hall–Kier alpha value is -1.07. The van der Waals surface area contributed by atoms with E-state index in [1.165, 1.54) is 0 Å². The molecule has 1 aromatic rings. The second-order valence-corrected chi connectivity index (χ2v) is 7.65. The highest BCUT2D eigenvalue weighted by Gasteiger charge is 2.45. The first-order valence-electron chi connectivity index (χ1n) is 6.65. The Balaban J connectivity index is 1.94. The number of rotatable bonds is 6. The lowest BCUT2D eigenvalue weighted by atomic mass is 9.93. The first kappa shape index (κ1) is 14.3. The Bertz CT molecular complexity index is 531. The van der Waals surface area contributed by atoms with Crippen LogP contribution in [0.3, 0.4) is 0 Å². The van der Waals surface area contributed by atoms with Gasteiger partial charge in [-0.1, -0.05) is 26.0 Å². The molecule has 1 aliphatic carbocycles. The number of anilines is 1. The van der Waals surface area contributed by atoms with Gasteiger partial charge in [0.2, 0.25) is 10.0 Å². The van der Waals surface area contributed by atoms with E-state index >= 15 is 0 Å². The van der Waals surface area contributed by atoms with Gasteiger partial charge in [-0.2, -0.15) is 0 Å². The normalized spacial score (nSPS) is 17.6. The van der Waals surface area contributed by atoms with Crippen molar-refractivity contribution >= 4 is 15.7 Å². The summed E-state index contributed by atoms with van der Waals surface area (Å²) in [7, 11) is -3.27. The van der Waals surface area contributed by atoms with Crippen LogP contribution in [-0.4, -0.2) is 15.0 Å². The van der Waals surface area contributed by atoms with Crippen LogP contribution in [0.5, 0.6) is 0 Å². The summed E-state index contributed by atoms with van der Waals surface area (Å²) in [5.41, 5.74) is 7.18. The van der Waals surface area contributed by atoms with Crippen molar-refractivity contribution in [1.82, 2.24) is 4.72 Å². The Morgan fingerprint density at radius 2 is 1.84 bits per heavy atom. The van der Waals surface area contributed by atoms with Gasteiger partial charge in [0.25, 0.3) is 0 Å². The molecule has 1 aromatic carbocycles. The van der Waals surface area contributed by atoms with Gasteiger partial charge in [0.1, 0.15) is 0 Å². The van der Waals surface area contributed by atoms with Crippen LogP contribution in [0.4, 0.5) is 5.69 Å². The van der Waals surface area contributed by atoms with Crippen molar-refractivity contribution in [3.05, 3.63) is 29.8 Å². The summed E-state index contributed by atoms with van der Waals surface area (Å²) in [5, 5.41) is 0. The molecule has 0 aromatic heterocycles. The van der Waals surface area contributed by atoms with Gasteiger partial charge in [0.05, 0.1) is 5.75 Å². The maximum atomic E-state index is 12.0. The van der Waals surface area contributed by atoms with E-state index in [1.807, 2.05) is 0 Å². The Morgan fingerprint density at radius 3 is 2.32 bits per heavy atom. The first-order valence-corrected chi connectivity index (χ1v) is 8.30. The smallest absolute Gasteiger partial charge is 0.215 e. The highest BCUT2D eigenvalue weighted by molar-refractivity contribution is 7.88. The maximum Gasteiger partial charge on any atom is 0.215 e. The average molecular weight is 282 g/mol. The summed E-state index contributed by atoms with van der Waals surface area (Å²) in [6.07, 6.45) is 2.24. The van der Waals surface area contributed by atoms with E-state index in [1.54, 1.807) is 24.3 Å². The third kappa shape index (κ3) is 3.70. The lowest BCUT2D eigenvalue weighted by Crippen LogP contribution is -2.33. The van der Waals surface area contributed by atoms with Crippen LogP contribution in [0.2, 0.25) is 0 Å². The molecule has 0 radical (unpaired) electrons. The highest BCUT2D eigenvalue weighted by atomic mass is 32.2. The molecule has 2 rings (SSSR count). The van der Waals surface area contributed by atoms with Crippen molar-refractivity contribution in [1.29, 1.82) is 0 Å². The maximum absolute atomic E-state index is 12.0. The van der Waals surface area contributed by atoms with E-state index in [2.05, 4.69) is 18.6 Å². The average Bonchev–Trinajstić information content (AvgIpc) is 3.11. The first-order chi connectivity index (χ1) is 8.83. The van der Waals surface area contributed by atoms with Gasteiger partial charge in [-0.3, -0.25) is 0 Å². The number of nitrogens with two attached hydrogens (primary N) is 1. The monoisotopic (exact) mass is 282 g/mol. The summed E-state index contributed by atoms with van der Waals surface area (Å²) in [4.78, 5) is 0. The second-order valence-electron chi connectivity index (χ2n) is 5.84. The van der Waals surface area contributed by atoms with Gasteiger partial charge in [-0.05, 0) is 41.9 Å². The minimum Gasteiger partial charge on any atom is -0.399 e. The van der Waals surface area contributed by atoms with Crippen LogP contribution in [-0.2, 0) is 15.8 Å². The summed E-state index contributed by atoms with van der Waals surface area (Å²) < 4.78 is 26.8. The van der Waals surface area contributed by atoms with Gasteiger partial charge in [0.15, 0.2) is 0 Å². The van der Waals surface area contributed by atoms with Gasteiger partial charge in [-0.25, -0.2) is 13.1 Å². The van der Waals surface area contributed by atoms with Crippen LogP contribution >= 0.6 is 0 Å². The van der Waals surface area contributed by atoms with E-state index in [0.717, 1.165) is 18.4 Å². The van der Waals surface area contributed by atoms with Gasteiger partial charge in [0, 0.05) is 12.2 Å². The zero-order valence-corrected chi connectivity index (χ0v) is 12.3. The van der Waals surface area contributed by atoms with Gasteiger partial charge >= 0.3 is 0 Å². The highest BCUT2D eigenvalue weighted by Crippen LogP contribution is 2.51. The van der Waals surface area contributed by atoms with E-state index < -0.39 is 10.0 Å². The summed E-state index contributed by atoms with van der Waals surface area (Å²) in [6.45, 7) is 4.87. The number of benzene rings is 1. The molecular weight excluding hydrogens is 260 g/mol. The molecule has 0 unspecified atom stereocenters. The molecular formula is C14H22N2O2S. The summed E-state index contributed by atoms with van der Waals surface area (Å²) in [5.74, 6) is 0.535. The molecule has 1 aliphatic rings. The lowest BCUT2D eigenvalue weighted by Gasteiger charge is -2.20. The molecule has 0 atom stereocenters. The Labute approximate surface area is 115 Å². The van der Waals surface area contributed by atoms with Crippen molar-refractivity contribution in [2.75, 3.05) is 12.3 Å². The fraction of sp³-hybridized carbons (Fsp3) is 0.571. The quantitative estimate of drug-likeness (QED) is 0.785. The molecule has 1 fully saturated rings. The fourth-order valence-electron chi connectivity index (χ4n) is 2.26. The minimum absolute atomic E-state index is 0.0153. The fourth-order valence-corrected chi connectivity index (χ4v) is 3.50. The molecule has 3 N–H and O–H groups in total. The minimum atomic E-state index is -3.27. The van der Waals surface area contributed by atoms with Crippen molar-refractivity contribution in [2.45, 2.75) is 32.4 Å². The van der Waals surface area contributed by atoms with Crippen LogP contribution in [0.25, 0.3) is 0 Å². The van der Waals surface area contributed by atoms with Crippen molar-refractivity contribution < 1.29 is 8.42 Å². The molecule has 0 heterocycles. The number of nitrogens with one attached hydrogen (secondary N) is 1. The number of nitrogen functional groups attached to an aromatic ring is 1. The number of hydrogen-bond donors (Lipinski definition) is 2. The van der Waals surface area contributed by atoms with E-state index in [-0.39, 0.29) is 11.2 Å². The van der Waals surface area contributed by atoms with Gasteiger partial charge < -0.3 is 5.73 Å². The second kappa shape index (κ2) is 5.13. The van der Waals surface area contributed by atoms with E-state index in [9.17, 15) is 8.42 Å². The predicted molar refractivity (Wildman–Crippen MR) is 78.0 cm³/mol. The summed E-state index contributed by atoms with van der Waals surface area (Å²) in [6, 6.07) is 6.95. The Morgan fingerprint density at radius 1 is 1.26 bits per heavy atom. The molecule has 19 heavy (non-hydrogen) atoms. The molecule has 0 aliphatic heterocycles. The van der Waals surface area contributed by atoms with Crippen molar-refractivity contribution in [3.8, 4) is 0 Å². The molecule has 0 saturated heterocycles. The van der Waals surface area contributed by atoms with Crippen LogP contribution in [0.15, 0.2) is 24.3 Å². The van der Waals surface area contributed by atoms with Crippen LogP contribution in [0.1, 0.15) is 32.3 Å². The van der Waals surface area contributed by atoms with Crippen molar-refractivity contribution in [3.63, 3.8) is 0 Å². The molecule has 0 spiro atoms. The third-order valence-corrected chi connectivity index (χ3v) is 5.40. The number of sulfonamides is 1. The zero-order chi connectivity index (χ0) is 14.1. The molecule has 0 bridgehead atoms. The number of hydrogen-bond acceptors (Lipinski definition) is 3. The summed E-state index contributed by atoms with van der Waals surface area (Å²) >= 11 is 0. The molecule has 106 valence electrons. The van der Waals surface area contributed by atoms with E-state index in [4.69, 9.17) is 5.73 Å². The zero-order valence-electron chi connectivity index (χ0n) is 11.5. The van der Waals surface area contributed by atoms with Gasteiger partial charge in [-0.15, -0.1) is 0 Å². The standard InChI is InChI=1S/C14H22N2O2S/c1-11(2)14(7-8-14)10-16-19(17,18)9-12-3-5-13(15)6-4-12/h3-6,11,16H,7-10,15H2,1-2H3. The largest absolute Gasteiger partial charge is 0.399 e. The molecule has 5 heteroatoms. The van der Waals surface area contributed by atoms with E-state index in [0.29, 0.717) is 18.2 Å². The molecule has 0 amide bonds. The van der Waals surface area contributed by atoms with Crippen LogP contribution < -0.4 is 10.5 Å². The molecule has 4 nitrogen and oxygen atoms in total. The lowest BCUT2D eigenvalue weighted by molar-refractivity contribution is 0.357. The topological polar surface area (TPSA) is 72.2 Å². The molecule has 1 saturated carbocycles.